The quantitative estimate of drug-likeness (QED) is 0.182. The molecule has 0 spiro atoms. The molecule has 0 aliphatic rings. The molecule has 0 aliphatic carbocycles. The van der Waals surface area contributed by atoms with Gasteiger partial charge in [-0.2, -0.15) is 0 Å². The minimum Gasteiger partial charge on any atom is -0.387 e. The summed E-state index contributed by atoms with van der Waals surface area (Å²) in [4.78, 5) is 12.3. The maximum atomic E-state index is 10.0. The van der Waals surface area contributed by atoms with Crippen LogP contribution in [0.15, 0.2) is 5.11 Å². The summed E-state index contributed by atoms with van der Waals surface area (Å²) in [6, 6.07) is 0. The summed E-state index contributed by atoms with van der Waals surface area (Å²) in [5, 5.41) is 39.1. The van der Waals surface area contributed by atoms with Gasteiger partial charge in [0, 0.05) is 4.91 Å². The van der Waals surface area contributed by atoms with Crippen molar-refractivity contribution in [2.24, 2.45) is 5.11 Å². The molecule has 0 fully saturated rings. The van der Waals surface area contributed by atoms with Gasteiger partial charge in [0.05, 0.1) is 0 Å². The molecule has 14 heavy (non-hydrogen) atoms. The van der Waals surface area contributed by atoms with E-state index in [0.29, 0.717) is 0 Å². The number of hydrogen-bond donors (Lipinski definition) is 4. The zero-order chi connectivity index (χ0) is 11.4. The Kier molecular flexibility index (Phi) is 4.48. The van der Waals surface area contributed by atoms with Crippen molar-refractivity contribution in [1.82, 2.24) is 0 Å². The number of aliphatic hydroxyl groups excluding tert-OH is 3. The van der Waals surface area contributed by atoms with E-state index in [-0.39, 0.29) is 6.29 Å². The monoisotopic (exact) mass is 205 g/mol. The highest BCUT2D eigenvalue weighted by molar-refractivity contribution is 5.56. The van der Waals surface area contributed by atoms with Gasteiger partial charge in [-0.15, -0.1) is 0 Å². The molecular weight excluding hydrogens is 194 g/mol. The molecule has 0 bridgehead atoms. The van der Waals surface area contributed by atoms with E-state index in [9.17, 15) is 15.0 Å². The first-order chi connectivity index (χ1) is 6.36. The topological polar surface area (TPSA) is 147 Å². The number of aliphatic hydroxyl groups is 4. The summed E-state index contributed by atoms with van der Waals surface area (Å²) < 4.78 is 0. The fraction of sp³-hybridized carbons (Fsp3) is 0.833. The summed E-state index contributed by atoms with van der Waals surface area (Å²) in [7, 11) is 0. The second-order valence-corrected chi connectivity index (χ2v) is 2.85. The molecule has 0 radical (unpaired) electrons. The first kappa shape index (κ1) is 12.8. The molecule has 0 aromatic heterocycles. The normalized spacial score (nSPS) is 21.2. The Morgan fingerprint density at radius 1 is 1.50 bits per heavy atom. The van der Waals surface area contributed by atoms with Gasteiger partial charge in [-0.3, -0.25) is 0 Å². The molecule has 4 unspecified atom stereocenters. The molecule has 0 aromatic rings. The maximum Gasteiger partial charge on any atom is 0.169 e. The van der Waals surface area contributed by atoms with Gasteiger partial charge in [-0.25, -0.2) is 0 Å². The van der Waals surface area contributed by atoms with E-state index in [2.05, 4.69) is 10.0 Å². The van der Waals surface area contributed by atoms with Crippen LogP contribution in [0.5, 0.6) is 0 Å². The van der Waals surface area contributed by atoms with Gasteiger partial charge in [0.1, 0.15) is 18.3 Å². The second kappa shape index (κ2) is 4.89. The average molecular weight is 205 g/mol. The molecule has 0 amide bonds. The van der Waals surface area contributed by atoms with Crippen LogP contribution in [0, 0.1) is 0 Å². The minimum atomic E-state index is -2.29. The molecule has 80 valence electrons. The van der Waals surface area contributed by atoms with Gasteiger partial charge < -0.3 is 25.2 Å². The van der Waals surface area contributed by atoms with E-state index >= 15 is 0 Å². The van der Waals surface area contributed by atoms with E-state index < -0.39 is 24.0 Å². The number of carbonyl (C=O) groups excluding carboxylic acids is 1. The molecule has 0 aliphatic heterocycles. The smallest absolute Gasteiger partial charge is 0.169 e. The third-order valence-corrected chi connectivity index (χ3v) is 1.62. The first-order valence-corrected chi connectivity index (χ1v) is 3.65. The van der Waals surface area contributed by atoms with Gasteiger partial charge in [-0.1, -0.05) is 5.11 Å². The second-order valence-electron chi connectivity index (χ2n) is 2.85. The lowest BCUT2D eigenvalue weighted by molar-refractivity contribution is -0.149. The van der Waals surface area contributed by atoms with E-state index in [1.807, 2.05) is 0 Å². The Morgan fingerprint density at radius 3 is 2.36 bits per heavy atom. The Bertz CT molecular complexity index is 250. The fourth-order valence-electron chi connectivity index (χ4n) is 0.740. The lowest BCUT2D eigenvalue weighted by atomic mass is 10.0. The third-order valence-electron chi connectivity index (χ3n) is 1.62. The molecule has 0 aromatic carbocycles. The van der Waals surface area contributed by atoms with Crippen molar-refractivity contribution in [2.75, 3.05) is 0 Å². The maximum absolute atomic E-state index is 10.0. The van der Waals surface area contributed by atoms with Crippen molar-refractivity contribution in [3.8, 4) is 0 Å². The van der Waals surface area contributed by atoms with Gasteiger partial charge >= 0.3 is 0 Å². The van der Waals surface area contributed by atoms with Crippen molar-refractivity contribution in [2.45, 2.75) is 31.0 Å². The van der Waals surface area contributed by atoms with Crippen molar-refractivity contribution in [3.63, 3.8) is 0 Å². The van der Waals surface area contributed by atoms with Crippen molar-refractivity contribution in [3.05, 3.63) is 10.4 Å². The van der Waals surface area contributed by atoms with Crippen LogP contribution in [0.4, 0.5) is 0 Å². The molecule has 8 heteroatoms. The van der Waals surface area contributed by atoms with Gasteiger partial charge in [-0.05, 0) is 12.5 Å². The lowest BCUT2D eigenvalue weighted by Crippen LogP contribution is -2.50. The summed E-state index contributed by atoms with van der Waals surface area (Å²) >= 11 is 0. The third kappa shape index (κ3) is 2.95. The Hall–Kier alpha value is -1.18. The Balaban J connectivity index is 4.67. The average Bonchev–Trinajstić information content (AvgIpc) is 2.14. The predicted molar refractivity (Wildman–Crippen MR) is 43.9 cm³/mol. The van der Waals surface area contributed by atoms with Gasteiger partial charge in [0.2, 0.25) is 0 Å². The minimum absolute atomic E-state index is 0.0138. The highest BCUT2D eigenvalue weighted by Gasteiger charge is 2.38. The first-order valence-electron chi connectivity index (χ1n) is 3.65. The number of aldehydes is 1. The summed E-state index contributed by atoms with van der Waals surface area (Å²) in [6.45, 7) is 0.929. The highest BCUT2D eigenvalue weighted by Crippen LogP contribution is 2.16. The summed E-state index contributed by atoms with van der Waals surface area (Å²) in [6.07, 6.45) is -5.75. The molecule has 4 atom stereocenters. The van der Waals surface area contributed by atoms with Crippen molar-refractivity contribution in [1.29, 1.82) is 0 Å². The SMILES string of the molecule is CC(O)(N=[N+]=[N-])C(O)C(O)C(O)C=O. The molecular formula is C6H11N3O5. The van der Waals surface area contributed by atoms with Crippen LogP contribution in [0.25, 0.3) is 10.4 Å². The van der Waals surface area contributed by atoms with Crippen LogP contribution in [-0.2, 0) is 4.79 Å². The fourth-order valence-corrected chi connectivity index (χ4v) is 0.740. The van der Waals surface area contributed by atoms with Crippen molar-refractivity contribution < 1.29 is 25.2 Å². The van der Waals surface area contributed by atoms with Crippen LogP contribution in [0.3, 0.4) is 0 Å². The van der Waals surface area contributed by atoms with E-state index in [1.54, 1.807) is 0 Å². The Morgan fingerprint density at radius 2 is 2.00 bits per heavy atom. The van der Waals surface area contributed by atoms with Crippen LogP contribution >= 0.6 is 0 Å². The van der Waals surface area contributed by atoms with E-state index in [4.69, 9.17) is 15.7 Å². The molecule has 4 N–H and O–H groups in total. The number of hydrogen-bond acceptors (Lipinski definition) is 6. The van der Waals surface area contributed by atoms with Crippen LogP contribution in [0.1, 0.15) is 6.92 Å². The summed E-state index contributed by atoms with van der Waals surface area (Å²) in [5.74, 6) is 0. The van der Waals surface area contributed by atoms with E-state index in [0.717, 1.165) is 6.92 Å². The zero-order valence-electron chi connectivity index (χ0n) is 7.35. The largest absolute Gasteiger partial charge is 0.387 e. The van der Waals surface area contributed by atoms with E-state index in [1.165, 1.54) is 0 Å². The summed E-state index contributed by atoms with van der Waals surface area (Å²) in [5.41, 5.74) is 5.71. The standard InChI is InChI=1S/C6H11N3O5/c1-6(14,8-9-7)5(13)4(12)3(11)2-10/h2-5,11-14H,1H3. The molecule has 0 rings (SSSR count). The Labute approximate surface area is 79.0 Å². The molecule has 8 nitrogen and oxygen atoms in total. The number of carbonyl (C=O) groups is 1. The number of azide groups is 1. The van der Waals surface area contributed by atoms with Gasteiger partial charge in [0.25, 0.3) is 0 Å². The molecule has 0 saturated heterocycles. The zero-order valence-corrected chi connectivity index (χ0v) is 7.35. The number of rotatable bonds is 5. The van der Waals surface area contributed by atoms with Crippen LogP contribution in [0.2, 0.25) is 0 Å². The van der Waals surface area contributed by atoms with Gasteiger partial charge in [0.15, 0.2) is 12.0 Å². The predicted octanol–water partition coefficient (Wildman–Crippen LogP) is -1.71. The molecule has 0 heterocycles. The molecule has 0 saturated carbocycles. The van der Waals surface area contributed by atoms with Crippen LogP contribution < -0.4 is 0 Å². The van der Waals surface area contributed by atoms with Crippen molar-refractivity contribution >= 4 is 6.29 Å². The number of nitrogens with zero attached hydrogens (tertiary/aromatic N) is 3. The lowest BCUT2D eigenvalue weighted by Gasteiger charge is -2.28. The van der Waals surface area contributed by atoms with Crippen LogP contribution in [-0.4, -0.2) is 50.7 Å². The highest BCUT2D eigenvalue weighted by atomic mass is 16.4.